The van der Waals surface area contributed by atoms with Crippen molar-refractivity contribution in [2.45, 2.75) is 6.04 Å². The second-order valence-corrected chi connectivity index (χ2v) is 5.00. The molecule has 3 rings (SSSR count). The molecule has 3 heterocycles. The number of halogens is 1. The Kier molecular flexibility index (Phi) is 2.17. The molecule has 1 aromatic rings. The van der Waals surface area contributed by atoms with E-state index in [1.165, 1.54) is 0 Å². The summed E-state index contributed by atoms with van der Waals surface area (Å²) in [5.74, 6) is 0. The number of aliphatic imine (C=N–C) groups is 1. The maximum absolute atomic E-state index is 4.50. The molecule has 1 aromatic heterocycles. The Labute approximate surface area is 98.7 Å². The SMILES string of the molecule is Brc1cncc(C2=NC3C=NN=C3S2)c1. The molecule has 0 radical (unpaired) electrons. The quantitative estimate of drug-likeness (QED) is 0.791. The van der Waals surface area contributed by atoms with E-state index >= 15 is 0 Å². The molecule has 4 nitrogen and oxygen atoms in total. The maximum Gasteiger partial charge on any atom is 0.138 e. The monoisotopic (exact) mass is 280 g/mol. The summed E-state index contributed by atoms with van der Waals surface area (Å²) in [7, 11) is 0. The van der Waals surface area contributed by atoms with Crippen LogP contribution < -0.4 is 0 Å². The van der Waals surface area contributed by atoms with E-state index in [2.05, 4.69) is 36.1 Å². The van der Waals surface area contributed by atoms with Crippen LogP contribution in [0.15, 0.2) is 38.1 Å². The molecule has 1 atom stereocenters. The largest absolute Gasteiger partial charge is 0.263 e. The van der Waals surface area contributed by atoms with Gasteiger partial charge in [0.15, 0.2) is 0 Å². The summed E-state index contributed by atoms with van der Waals surface area (Å²) in [4.78, 5) is 8.61. The van der Waals surface area contributed by atoms with Crippen LogP contribution in [-0.2, 0) is 0 Å². The van der Waals surface area contributed by atoms with Crippen LogP contribution in [-0.4, -0.2) is 27.3 Å². The molecule has 0 amide bonds. The van der Waals surface area contributed by atoms with Gasteiger partial charge in [-0.2, -0.15) is 5.10 Å². The molecule has 0 saturated heterocycles. The van der Waals surface area contributed by atoms with E-state index in [0.717, 1.165) is 20.1 Å². The molecule has 74 valence electrons. The van der Waals surface area contributed by atoms with Crippen molar-refractivity contribution in [2.24, 2.45) is 15.2 Å². The highest BCUT2D eigenvalue weighted by Gasteiger charge is 2.28. The van der Waals surface area contributed by atoms with Crippen molar-refractivity contribution in [3.63, 3.8) is 0 Å². The number of thioether (sulfide) groups is 1. The minimum atomic E-state index is 0.0315. The fraction of sp³-hybridized carbons (Fsp3) is 0.111. The van der Waals surface area contributed by atoms with E-state index in [4.69, 9.17) is 0 Å². The fourth-order valence-electron chi connectivity index (χ4n) is 1.36. The lowest BCUT2D eigenvalue weighted by Gasteiger charge is -1.98. The first-order chi connectivity index (χ1) is 7.33. The van der Waals surface area contributed by atoms with Gasteiger partial charge >= 0.3 is 0 Å². The highest BCUT2D eigenvalue weighted by molar-refractivity contribution is 9.10. The first-order valence-corrected chi connectivity index (χ1v) is 5.91. The first kappa shape index (κ1) is 9.23. The van der Waals surface area contributed by atoms with Gasteiger partial charge in [-0.25, -0.2) is 0 Å². The number of hydrogen-bond acceptors (Lipinski definition) is 5. The van der Waals surface area contributed by atoms with Crippen LogP contribution in [0.1, 0.15) is 5.56 Å². The van der Waals surface area contributed by atoms with Crippen LogP contribution >= 0.6 is 27.7 Å². The average molecular weight is 281 g/mol. The summed E-state index contributed by atoms with van der Waals surface area (Å²) < 4.78 is 0.955. The van der Waals surface area contributed by atoms with Crippen molar-refractivity contribution in [2.75, 3.05) is 0 Å². The van der Waals surface area contributed by atoms with Gasteiger partial charge in [0.05, 0.1) is 6.21 Å². The van der Waals surface area contributed by atoms with E-state index in [1.807, 2.05) is 6.07 Å². The molecule has 0 aliphatic carbocycles. The minimum Gasteiger partial charge on any atom is -0.263 e. The predicted molar refractivity (Wildman–Crippen MR) is 65.8 cm³/mol. The summed E-state index contributed by atoms with van der Waals surface area (Å²) in [6.07, 6.45) is 5.31. The van der Waals surface area contributed by atoms with Crippen LogP contribution in [0.3, 0.4) is 0 Å². The minimum absolute atomic E-state index is 0.0315. The average Bonchev–Trinajstić information content (AvgIpc) is 2.76. The summed E-state index contributed by atoms with van der Waals surface area (Å²) in [5, 5.41) is 9.73. The first-order valence-electron chi connectivity index (χ1n) is 4.30. The van der Waals surface area contributed by atoms with Crippen molar-refractivity contribution >= 4 is 44.0 Å². The Balaban J connectivity index is 1.97. The fourth-order valence-corrected chi connectivity index (χ4v) is 2.64. The molecule has 6 heteroatoms. The third-order valence-corrected chi connectivity index (χ3v) is 3.53. The van der Waals surface area contributed by atoms with Crippen LogP contribution in [0, 0.1) is 0 Å². The zero-order chi connectivity index (χ0) is 10.3. The van der Waals surface area contributed by atoms with Crippen LogP contribution in [0.5, 0.6) is 0 Å². The van der Waals surface area contributed by atoms with Crippen LogP contribution in [0.25, 0.3) is 0 Å². The van der Waals surface area contributed by atoms with Gasteiger partial charge < -0.3 is 0 Å². The van der Waals surface area contributed by atoms with Gasteiger partial charge in [-0.05, 0) is 33.8 Å². The lowest BCUT2D eigenvalue weighted by Crippen LogP contribution is -2.06. The van der Waals surface area contributed by atoms with Gasteiger partial charge in [-0.1, -0.05) is 0 Å². The van der Waals surface area contributed by atoms with Crippen molar-refractivity contribution < 1.29 is 0 Å². The third kappa shape index (κ3) is 1.63. The van der Waals surface area contributed by atoms with Crippen molar-refractivity contribution in [3.05, 3.63) is 28.5 Å². The smallest absolute Gasteiger partial charge is 0.138 e. The summed E-state index contributed by atoms with van der Waals surface area (Å²) in [5.41, 5.74) is 1.01. The predicted octanol–water partition coefficient (Wildman–Crippen LogP) is 2.10. The Morgan fingerprint density at radius 2 is 2.27 bits per heavy atom. The second-order valence-electron chi connectivity index (χ2n) is 3.08. The molecule has 0 fully saturated rings. The number of fused-ring (bicyclic) bond motifs is 1. The zero-order valence-corrected chi connectivity index (χ0v) is 9.86. The summed E-state index contributed by atoms with van der Waals surface area (Å²) in [6, 6.07) is 2.03. The van der Waals surface area contributed by atoms with Crippen LogP contribution in [0.4, 0.5) is 0 Å². The molecule has 0 spiro atoms. The van der Waals surface area contributed by atoms with E-state index < -0.39 is 0 Å². The molecule has 1 unspecified atom stereocenters. The van der Waals surface area contributed by atoms with E-state index in [0.29, 0.717) is 0 Å². The topological polar surface area (TPSA) is 50.0 Å². The van der Waals surface area contributed by atoms with Gasteiger partial charge in [0.25, 0.3) is 0 Å². The van der Waals surface area contributed by atoms with Gasteiger partial charge in [0.1, 0.15) is 16.1 Å². The van der Waals surface area contributed by atoms with Gasteiger partial charge in [0.2, 0.25) is 0 Å². The Morgan fingerprint density at radius 1 is 1.33 bits per heavy atom. The molecular weight excluding hydrogens is 276 g/mol. The number of rotatable bonds is 1. The zero-order valence-electron chi connectivity index (χ0n) is 7.46. The molecular formula is C9H5BrN4S. The van der Waals surface area contributed by atoms with E-state index in [1.54, 1.807) is 30.4 Å². The Bertz CT molecular complexity index is 509. The van der Waals surface area contributed by atoms with E-state index in [-0.39, 0.29) is 6.04 Å². The molecule has 2 aliphatic rings. The lowest BCUT2D eigenvalue weighted by atomic mass is 10.3. The molecule has 0 aromatic carbocycles. The Morgan fingerprint density at radius 3 is 3.07 bits per heavy atom. The van der Waals surface area contributed by atoms with Crippen molar-refractivity contribution in [1.82, 2.24) is 4.98 Å². The van der Waals surface area contributed by atoms with Gasteiger partial charge in [-0.15, -0.1) is 5.10 Å². The number of pyridine rings is 1. The molecule has 15 heavy (non-hydrogen) atoms. The van der Waals surface area contributed by atoms with Crippen molar-refractivity contribution in [1.29, 1.82) is 0 Å². The summed E-state index contributed by atoms with van der Waals surface area (Å²) >= 11 is 4.94. The molecule has 0 saturated carbocycles. The number of hydrogen-bond donors (Lipinski definition) is 0. The highest BCUT2D eigenvalue weighted by atomic mass is 79.9. The lowest BCUT2D eigenvalue weighted by molar-refractivity contribution is 1.21. The number of aromatic nitrogens is 1. The normalized spacial score (nSPS) is 22.6. The van der Waals surface area contributed by atoms with Crippen molar-refractivity contribution in [3.8, 4) is 0 Å². The van der Waals surface area contributed by atoms with Gasteiger partial charge in [-0.3, -0.25) is 9.98 Å². The van der Waals surface area contributed by atoms with Crippen LogP contribution in [0.2, 0.25) is 0 Å². The maximum atomic E-state index is 4.50. The standard InChI is InChI=1S/C9H5BrN4S/c10-6-1-5(2-11-3-6)8-13-7-4-12-14-9(7)15-8/h1-4,7H. The molecule has 2 aliphatic heterocycles. The Hall–Kier alpha value is -1.01. The second kappa shape index (κ2) is 3.53. The summed E-state index contributed by atoms with van der Waals surface area (Å²) in [6.45, 7) is 0. The highest BCUT2D eigenvalue weighted by Crippen LogP contribution is 2.28. The third-order valence-electron chi connectivity index (χ3n) is 2.03. The molecule has 0 N–H and O–H groups in total. The van der Waals surface area contributed by atoms with E-state index in [9.17, 15) is 0 Å². The molecule has 0 bridgehead atoms. The number of nitrogens with zero attached hydrogens (tertiary/aromatic N) is 4. The van der Waals surface area contributed by atoms with Gasteiger partial charge in [0, 0.05) is 22.4 Å².